The van der Waals surface area contributed by atoms with E-state index in [1.165, 1.54) is 6.92 Å². The summed E-state index contributed by atoms with van der Waals surface area (Å²) in [5, 5.41) is 24.4. The number of ether oxygens (including phenoxy) is 1. The molecule has 1 heterocycles. The minimum atomic E-state index is -1.07. The third-order valence-electron chi connectivity index (χ3n) is 3.36. The molecular formula is C16H20N2O4S. The molecule has 6 nitrogen and oxygen atoms in total. The van der Waals surface area contributed by atoms with Gasteiger partial charge in [-0.2, -0.15) is 5.10 Å². The van der Waals surface area contributed by atoms with Gasteiger partial charge >= 0.3 is 0 Å². The van der Waals surface area contributed by atoms with Crippen molar-refractivity contribution in [1.29, 1.82) is 0 Å². The summed E-state index contributed by atoms with van der Waals surface area (Å²) in [5.41, 5.74) is 1.42. The average Bonchev–Trinajstić information content (AvgIpc) is 3.04. The van der Waals surface area contributed by atoms with Gasteiger partial charge in [0.25, 0.3) is 0 Å². The second-order valence-electron chi connectivity index (χ2n) is 5.09. The summed E-state index contributed by atoms with van der Waals surface area (Å²) in [6.45, 7) is 1.92. The SMILES string of the molecule is COc1ccc(C(O)C(O)CSC(C)=O)cc1Cn1cccn1. The highest BCUT2D eigenvalue weighted by molar-refractivity contribution is 8.13. The zero-order chi connectivity index (χ0) is 16.8. The number of rotatable bonds is 7. The van der Waals surface area contributed by atoms with Crippen molar-refractivity contribution in [3.8, 4) is 5.75 Å². The predicted octanol–water partition coefficient (Wildman–Crippen LogP) is 1.61. The number of thioether (sulfide) groups is 1. The highest BCUT2D eigenvalue weighted by Gasteiger charge is 2.20. The molecule has 2 unspecified atom stereocenters. The van der Waals surface area contributed by atoms with Gasteiger partial charge in [-0.25, -0.2) is 0 Å². The van der Waals surface area contributed by atoms with Crippen molar-refractivity contribution >= 4 is 16.9 Å². The smallest absolute Gasteiger partial charge is 0.185 e. The summed E-state index contributed by atoms with van der Waals surface area (Å²) in [6, 6.07) is 7.07. The molecule has 124 valence electrons. The van der Waals surface area contributed by atoms with E-state index in [4.69, 9.17) is 4.74 Å². The zero-order valence-corrected chi connectivity index (χ0v) is 13.9. The van der Waals surface area contributed by atoms with Gasteiger partial charge < -0.3 is 14.9 Å². The molecule has 23 heavy (non-hydrogen) atoms. The van der Waals surface area contributed by atoms with Crippen LogP contribution in [-0.4, -0.2) is 44.1 Å². The van der Waals surface area contributed by atoms with Gasteiger partial charge in [0.05, 0.1) is 19.8 Å². The van der Waals surface area contributed by atoms with Crippen molar-refractivity contribution in [1.82, 2.24) is 9.78 Å². The Balaban J connectivity index is 2.17. The lowest BCUT2D eigenvalue weighted by Crippen LogP contribution is -2.21. The van der Waals surface area contributed by atoms with Gasteiger partial charge in [0.1, 0.15) is 11.9 Å². The molecule has 0 aliphatic rings. The van der Waals surface area contributed by atoms with Gasteiger partial charge in [0.15, 0.2) is 5.12 Å². The van der Waals surface area contributed by atoms with Gasteiger partial charge in [-0.05, 0) is 23.8 Å². The number of hydrogen-bond acceptors (Lipinski definition) is 6. The third kappa shape index (κ3) is 4.82. The molecule has 2 atom stereocenters. The van der Waals surface area contributed by atoms with Gasteiger partial charge in [-0.1, -0.05) is 17.8 Å². The first-order chi connectivity index (χ1) is 11.0. The molecule has 2 aromatic rings. The summed E-state index contributed by atoms with van der Waals surface area (Å²) in [7, 11) is 1.58. The number of hydrogen-bond donors (Lipinski definition) is 2. The van der Waals surface area contributed by atoms with E-state index in [0.717, 1.165) is 17.3 Å². The monoisotopic (exact) mass is 336 g/mol. The van der Waals surface area contributed by atoms with Crippen molar-refractivity contribution in [3.63, 3.8) is 0 Å². The van der Waals surface area contributed by atoms with Gasteiger partial charge in [0.2, 0.25) is 0 Å². The minimum absolute atomic E-state index is 0.0923. The van der Waals surface area contributed by atoms with E-state index in [1.807, 2.05) is 12.3 Å². The van der Waals surface area contributed by atoms with E-state index in [2.05, 4.69) is 5.10 Å². The average molecular weight is 336 g/mol. The molecule has 2 rings (SSSR count). The van der Waals surface area contributed by atoms with Crippen LogP contribution < -0.4 is 4.74 Å². The minimum Gasteiger partial charge on any atom is -0.496 e. The van der Waals surface area contributed by atoms with Crippen LogP contribution in [0.1, 0.15) is 24.2 Å². The number of aromatic nitrogens is 2. The number of nitrogens with zero attached hydrogens (tertiary/aromatic N) is 2. The largest absolute Gasteiger partial charge is 0.496 e. The maximum atomic E-state index is 11.0. The van der Waals surface area contributed by atoms with Crippen LogP contribution in [0.4, 0.5) is 0 Å². The van der Waals surface area contributed by atoms with E-state index in [-0.39, 0.29) is 10.9 Å². The molecular weight excluding hydrogens is 316 g/mol. The molecule has 0 amide bonds. The molecule has 0 fully saturated rings. The number of carbonyl (C=O) groups excluding carboxylic acids is 1. The first-order valence-corrected chi connectivity index (χ1v) is 8.13. The predicted molar refractivity (Wildman–Crippen MR) is 88.4 cm³/mol. The van der Waals surface area contributed by atoms with Crippen LogP contribution >= 0.6 is 11.8 Å². The Hall–Kier alpha value is -1.83. The first-order valence-electron chi connectivity index (χ1n) is 7.15. The Kier molecular flexibility index (Phi) is 6.20. The summed E-state index contributed by atoms with van der Waals surface area (Å²) in [5.74, 6) is 0.834. The lowest BCUT2D eigenvalue weighted by molar-refractivity contribution is -0.109. The highest BCUT2D eigenvalue weighted by atomic mass is 32.2. The molecule has 0 aliphatic heterocycles. The van der Waals surface area contributed by atoms with Crippen molar-refractivity contribution in [2.45, 2.75) is 25.7 Å². The zero-order valence-electron chi connectivity index (χ0n) is 13.0. The third-order valence-corrected chi connectivity index (χ3v) is 4.27. The van der Waals surface area contributed by atoms with Crippen molar-refractivity contribution in [2.24, 2.45) is 0 Å². The van der Waals surface area contributed by atoms with Crippen LogP contribution in [0.5, 0.6) is 5.75 Å². The lowest BCUT2D eigenvalue weighted by atomic mass is 10.0. The topological polar surface area (TPSA) is 84.6 Å². The van der Waals surface area contributed by atoms with E-state index in [1.54, 1.807) is 36.2 Å². The molecule has 0 bridgehead atoms. The van der Waals surface area contributed by atoms with Crippen LogP contribution in [0.3, 0.4) is 0 Å². The second kappa shape index (κ2) is 8.14. The van der Waals surface area contributed by atoms with Crippen LogP contribution in [0.15, 0.2) is 36.7 Å². The van der Waals surface area contributed by atoms with E-state index in [9.17, 15) is 15.0 Å². The molecule has 1 aromatic heterocycles. The molecule has 2 N–H and O–H groups in total. The van der Waals surface area contributed by atoms with Gasteiger partial charge in [-0.15, -0.1) is 0 Å². The maximum absolute atomic E-state index is 11.0. The van der Waals surface area contributed by atoms with Gasteiger partial charge in [0, 0.05) is 30.6 Å². The Bertz CT molecular complexity index is 646. The molecule has 1 aromatic carbocycles. The fraction of sp³-hybridized carbons (Fsp3) is 0.375. The van der Waals surface area contributed by atoms with E-state index < -0.39 is 12.2 Å². The van der Waals surface area contributed by atoms with E-state index >= 15 is 0 Å². The van der Waals surface area contributed by atoms with E-state index in [0.29, 0.717) is 17.9 Å². The number of benzene rings is 1. The number of methoxy groups -OCH3 is 1. The fourth-order valence-electron chi connectivity index (χ4n) is 2.19. The molecule has 0 aliphatic carbocycles. The Morgan fingerprint density at radius 1 is 1.43 bits per heavy atom. The molecule has 7 heteroatoms. The number of carbonyl (C=O) groups is 1. The first kappa shape index (κ1) is 17.5. The molecule has 0 saturated heterocycles. The molecule has 0 spiro atoms. The van der Waals surface area contributed by atoms with Crippen LogP contribution in [0.2, 0.25) is 0 Å². The van der Waals surface area contributed by atoms with Crippen LogP contribution in [0, 0.1) is 0 Å². The van der Waals surface area contributed by atoms with Gasteiger partial charge in [-0.3, -0.25) is 9.48 Å². The van der Waals surface area contributed by atoms with Crippen molar-refractivity contribution in [2.75, 3.05) is 12.9 Å². The Morgan fingerprint density at radius 2 is 2.22 bits per heavy atom. The Labute approximate surface area is 139 Å². The highest BCUT2D eigenvalue weighted by Crippen LogP contribution is 2.26. The summed E-state index contributed by atoms with van der Waals surface area (Å²) in [6.07, 6.45) is 1.44. The quantitative estimate of drug-likeness (QED) is 0.799. The standard InChI is InChI=1S/C16H20N2O4S/c1-11(19)23-10-14(20)16(21)12-4-5-15(22-2)13(8-12)9-18-7-3-6-17-18/h3-8,14,16,20-21H,9-10H2,1-2H3. The second-order valence-corrected chi connectivity index (χ2v) is 6.29. The molecule has 0 saturated carbocycles. The lowest BCUT2D eigenvalue weighted by Gasteiger charge is -2.19. The summed E-state index contributed by atoms with van der Waals surface area (Å²) in [4.78, 5) is 11.0. The van der Waals surface area contributed by atoms with Crippen molar-refractivity contribution in [3.05, 3.63) is 47.8 Å². The normalized spacial score (nSPS) is 13.6. The van der Waals surface area contributed by atoms with Crippen LogP contribution in [0.25, 0.3) is 0 Å². The van der Waals surface area contributed by atoms with Crippen LogP contribution in [-0.2, 0) is 11.3 Å². The number of aliphatic hydroxyl groups is 2. The fourth-order valence-corrected chi connectivity index (χ4v) is 2.78. The molecule has 0 radical (unpaired) electrons. The summed E-state index contributed by atoms with van der Waals surface area (Å²) >= 11 is 0.990. The maximum Gasteiger partial charge on any atom is 0.185 e. The Morgan fingerprint density at radius 3 is 2.83 bits per heavy atom. The number of aliphatic hydroxyl groups excluding tert-OH is 2. The van der Waals surface area contributed by atoms with Crippen molar-refractivity contribution < 1.29 is 19.7 Å². The summed E-state index contributed by atoms with van der Waals surface area (Å²) < 4.78 is 7.08.